The van der Waals surface area contributed by atoms with Crippen LogP contribution in [-0.2, 0) is 19.4 Å². The molecule has 0 atom stereocenters. The van der Waals surface area contributed by atoms with Crippen molar-refractivity contribution in [3.8, 4) is 0 Å². The second-order valence-corrected chi connectivity index (χ2v) is 4.80. The molecule has 0 amide bonds. The summed E-state index contributed by atoms with van der Waals surface area (Å²) in [5.41, 5.74) is 4.09. The number of hydrogen-bond donors (Lipinski definition) is 2. The van der Waals surface area contributed by atoms with Crippen molar-refractivity contribution in [1.29, 1.82) is 0 Å². The maximum absolute atomic E-state index is 10.7. The van der Waals surface area contributed by atoms with E-state index in [0.29, 0.717) is 12.3 Å². The Kier molecular flexibility index (Phi) is 2.99. The summed E-state index contributed by atoms with van der Waals surface area (Å²) in [5.74, 6) is -0.342. The van der Waals surface area contributed by atoms with E-state index in [1.165, 1.54) is 30.2 Å². The smallest absolute Gasteiger partial charge is 0.338 e. The average Bonchev–Trinajstić information content (AvgIpc) is 3.04. The predicted molar refractivity (Wildman–Crippen MR) is 71.5 cm³/mol. The largest absolute Gasteiger partial charge is 0.478 e. The maximum atomic E-state index is 10.7. The molecule has 0 bridgehead atoms. The molecule has 98 valence electrons. The van der Waals surface area contributed by atoms with Crippen LogP contribution in [0.5, 0.6) is 0 Å². The molecule has 4 nitrogen and oxygen atoms in total. The number of carboxylic acid groups (broad SMARTS) is 1. The Morgan fingerprint density at radius 3 is 2.89 bits per heavy atom. The van der Waals surface area contributed by atoms with Crippen LogP contribution in [-0.4, -0.2) is 11.1 Å². The molecule has 1 aliphatic carbocycles. The number of furan rings is 1. The zero-order valence-electron chi connectivity index (χ0n) is 10.5. The number of nitrogens with one attached hydrogen (secondary N) is 1. The van der Waals surface area contributed by atoms with Crippen LogP contribution in [0, 0.1) is 0 Å². The van der Waals surface area contributed by atoms with Crippen molar-refractivity contribution in [3.05, 3.63) is 53.0 Å². The van der Waals surface area contributed by atoms with E-state index < -0.39 is 5.97 Å². The van der Waals surface area contributed by atoms with Crippen LogP contribution in [0.1, 0.15) is 33.7 Å². The summed E-state index contributed by atoms with van der Waals surface area (Å²) in [6.45, 7) is 0.492. The van der Waals surface area contributed by atoms with E-state index >= 15 is 0 Å². The summed E-state index contributed by atoms with van der Waals surface area (Å²) in [6, 6.07) is 7.94. The van der Waals surface area contributed by atoms with E-state index in [1.807, 2.05) is 0 Å². The van der Waals surface area contributed by atoms with E-state index in [-0.39, 0.29) is 5.56 Å². The van der Waals surface area contributed by atoms with Crippen molar-refractivity contribution in [2.24, 2.45) is 0 Å². The summed E-state index contributed by atoms with van der Waals surface area (Å²) in [5, 5.41) is 12.1. The number of fused-ring (bicyclic) bond motifs is 1. The number of hydrogen-bond acceptors (Lipinski definition) is 3. The van der Waals surface area contributed by atoms with Crippen LogP contribution in [0.15, 0.2) is 34.9 Å². The van der Waals surface area contributed by atoms with Crippen molar-refractivity contribution in [3.63, 3.8) is 0 Å². The van der Waals surface area contributed by atoms with Gasteiger partial charge in [-0.1, -0.05) is 6.07 Å². The molecule has 0 radical (unpaired) electrons. The zero-order valence-corrected chi connectivity index (χ0v) is 10.5. The minimum Gasteiger partial charge on any atom is -0.478 e. The van der Waals surface area contributed by atoms with Gasteiger partial charge in [-0.25, -0.2) is 4.79 Å². The van der Waals surface area contributed by atoms with Gasteiger partial charge in [-0.05, 0) is 48.6 Å². The Hall–Kier alpha value is -2.23. The van der Waals surface area contributed by atoms with Crippen LogP contribution >= 0.6 is 0 Å². The molecule has 0 saturated carbocycles. The van der Waals surface area contributed by atoms with E-state index in [2.05, 4.69) is 23.5 Å². The third kappa shape index (κ3) is 2.47. The first-order valence-electron chi connectivity index (χ1n) is 6.39. The first-order chi connectivity index (χ1) is 9.22. The number of rotatable bonds is 4. The highest BCUT2D eigenvalue weighted by atomic mass is 16.4. The van der Waals surface area contributed by atoms with E-state index in [4.69, 9.17) is 9.52 Å². The van der Waals surface area contributed by atoms with Gasteiger partial charge in [-0.15, -0.1) is 0 Å². The molecule has 1 aromatic heterocycles. The lowest BCUT2D eigenvalue weighted by Gasteiger charge is -2.06. The Labute approximate surface area is 111 Å². The van der Waals surface area contributed by atoms with Crippen molar-refractivity contribution in [1.82, 2.24) is 0 Å². The molecular formula is C15H15NO3. The molecule has 2 N–H and O–H groups in total. The molecule has 1 aromatic carbocycles. The molecular weight excluding hydrogens is 242 g/mol. The third-order valence-electron chi connectivity index (χ3n) is 3.47. The lowest BCUT2D eigenvalue weighted by atomic mass is 10.1. The molecule has 3 rings (SSSR count). The summed E-state index contributed by atoms with van der Waals surface area (Å²) in [4.78, 5) is 10.7. The Balaban J connectivity index is 1.67. The average molecular weight is 257 g/mol. The van der Waals surface area contributed by atoms with Gasteiger partial charge >= 0.3 is 5.97 Å². The SMILES string of the molecule is O=C(O)c1coc(CNc2ccc3c(c2)CCC3)c1. The van der Waals surface area contributed by atoms with Gasteiger partial charge in [0.15, 0.2) is 0 Å². The van der Waals surface area contributed by atoms with Crippen LogP contribution in [0.4, 0.5) is 5.69 Å². The number of benzene rings is 1. The highest BCUT2D eigenvalue weighted by molar-refractivity contribution is 5.87. The Bertz CT molecular complexity index is 616. The second kappa shape index (κ2) is 4.80. The van der Waals surface area contributed by atoms with E-state index in [9.17, 15) is 4.79 Å². The van der Waals surface area contributed by atoms with Gasteiger partial charge in [-0.2, -0.15) is 0 Å². The van der Waals surface area contributed by atoms with Gasteiger partial charge in [0.2, 0.25) is 0 Å². The van der Waals surface area contributed by atoms with E-state index in [0.717, 1.165) is 12.1 Å². The molecule has 0 unspecified atom stereocenters. The summed E-state index contributed by atoms with van der Waals surface area (Å²) < 4.78 is 5.20. The lowest BCUT2D eigenvalue weighted by molar-refractivity contribution is 0.0696. The molecule has 0 fully saturated rings. The van der Waals surface area contributed by atoms with Crippen LogP contribution < -0.4 is 5.32 Å². The highest BCUT2D eigenvalue weighted by Gasteiger charge is 2.11. The fourth-order valence-electron chi connectivity index (χ4n) is 2.46. The normalized spacial score (nSPS) is 13.3. The predicted octanol–water partition coefficient (Wildman–Crippen LogP) is 3.08. The second-order valence-electron chi connectivity index (χ2n) is 4.80. The van der Waals surface area contributed by atoms with Gasteiger partial charge < -0.3 is 14.8 Å². The molecule has 1 heterocycles. The lowest BCUT2D eigenvalue weighted by Crippen LogP contribution is -1.99. The van der Waals surface area contributed by atoms with Crippen molar-refractivity contribution in [2.75, 3.05) is 5.32 Å². The number of aromatic carboxylic acids is 1. The first kappa shape index (κ1) is 11.8. The number of aryl methyl sites for hydroxylation is 2. The Morgan fingerprint density at radius 1 is 1.26 bits per heavy atom. The van der Waals surface area contributed by atoms with Crippen molar-refractivity contribution in [2.45, 2.75) is 25.8 Å². The molecule has 0 saturated heterocycles. The number of carbonyl (C=O) groups is 1. The highest BCUT2D eigenvalue weighted by Crippen LogP contribution is 2.25. The molecule has 0 aliphatic heterocycles. The number of anilines is 1. The Morgan fingerprint density at radius 2 is 2.11 bits per heavy atom. The summed E-state index contributed by atoms with van der Waals surface area (Å²) >= 11 is 0. The van der Waals surface area contributed by atoms with Crippen molar-refractivity contribution < 1.29 is 14.3 Å². The summed E-state index contributed by atoms with van der Waals surface area (Å²) in [7, 11) is 0. The first-order valence-corrected chi connectivity index (χ1v) is 6.39. The fourth-order valence-corrected chi connectivity index (χ4v) is 2.46. The topological polar surface area (TPSA) is 62.5 Å². The van der Waals surface area contributed by atoms with Gasteiger partial charge in [0.1, 0.15) is 12.0 Å². The third-order valence-corrected chi connectivity index (χ3v) is 3.47. The van der Waals surface area contributed by atoms with Gasteiger partial charge in [0.25, 0.3) is 0 Å². The fraction of sp³-hybridized carbons (Fsp3) is 0.267. The van der Waals surface area contributed by atoms with Gasteiger partial charge in [0, 0.05) is 5.69 Å². The monoisotopic (exact) mass is 257 g/mol. The quantitative estimate of drug-likeness (QED) is 0.883. The van der Waals surface area contributed by atoms with Crippen LogP contribution in [0.3, 0.4) is 0 Å². The minimum atomic E-state index is -0.965. The molecule has 1 aliphatic rings. The van der Waals surface area contributed by atoms with Crippen LogP contribution in [0.25, 0.3) is 0 Å². The molecule has 19 heavy (non-hydrogen) atoms. The molecule has 0 spiro atoms. The molecule has 4 heteroatoms. The number of carboxylic acids is 1. The summed E-state index contributed by atoms with van der Waals surface area (Å²) in [6.07, 6.45) is 4.82. The van der Waals surface area contributed by atoms with Gasteiger partial charge in [-0.3, -0.25) is 0 Å². The van der Waals surface area contributed by atoms with Crippen molar-refractivity contribution >= 4 is 11.7 Å². The minimum absolute atomic E-state index is 0.186. The zero-order chi connectivity index (χ0) is 13.2. The standard InChI is InChI=1S/C15H15NO3/c17-15(18)12-7-14(19-9-12)8-16-13-5-4-10-2-1-3-11(10)6-13/h4-7,9,16H,1-3,8H2,(H,17,18). The van der Waals surface area contributed by atoms with E-state index in [1.54, 1.807) is 6.07 Å². The maximum Gasteiger partial charge on any atom is 0.338 e. The molecule has 2 aromatic rings. The van der Waals surface area contributed by atoms with Crippen LogP contribution in [0.2, 0.25) is 0 Å². The van der Waals surface area contributed by atoms with Gasteiger partial charge in [0.05, 0.1) is 12.1 Å².